The van der Waals surface area contributed by atoms with E-state index in [0.29, 0.717) is 30.9 Å². The topological polar surface area (TPSA) is 106 Å². The number of aromatic amines is 1. The van der Waals surface area contributed by atoms with E-state index < -0.39 is 5.97 Å². The minimum absolute atomic E-state index is 0.118. The number of carbonyl (C=O) groups is 1. The molecule has 0 radical (unpaired) electrons. The summed E-state index contributed by atoms with van der Waals surface area (Å²) in [6, 6.07) is 13.7. The molecule has 1 atom stereocenters. The maximum Gasteiger partial charge on any atom is 0.327 e. The first-order valence-corrected chi connectivity index (χ1v) is 11.9. The van der Waals surface area contributed by atoms with Crippen molar-refractivity contribution >= 4 is 16.9 Å². The Kier molecular flexibility index (Phi) is 7.84. The fraction of sp³-hybridized carbons (Fsp3) is 0.346. The molecule has 0 saturated heterocycles. The van der Waals surface area contributed by atoms with Crippen molar-refractivity contribution in [3.8, 4) is 0 Å². The second kappa shape index (κ2) is 11.2. The monoisotopic (exact) mass is 492 g/mol. The lowest BCUT2D eigenvalue weighted by Gasteiger charge is -2.30. The zero-order chi connectivity index (χ0) is 25.7. The van der Waals surface area contributed by atoms with Crippen molar-refractivity contribution in [1.29, 1.82) is 0 Å². The highest BCUT2D eigenvalue weighted by atomic mass is 19.1. The molecule has 9 nitrogen and oxygen atoms in total. The molecule has 2 aromatic heterocycles. The summed E-state index contributed by atoms with van der Waals surface area (Å²) in [6.07, 6.45) is 0.606. The highest BCUT2D eigenvalue weighted by Gasteiger charge is 2.27. The number of benzene rings is 2. The van der Waals surface area contributed by atoms with Gasteiger partial charge >= 0.3 is 5.97 Å². The summed E-state index contributed by atoms with van der Waals surface area (Å²) < 4.78 is 20.0. The van der Waals surface area contributed by atoms with E-state index in [9.17, 15) is 14.0 Å². The molecule has 0 unspecified atom stereocenters. The molecule has 0 aliphatic carbocycles. The van der Waals surface area contributed by atoms with Gasteiger partial charge in [0.2, 0.25) is 0 Å². The predicted molar refractivity (Wildman–Crippen MR) is 132 cm³/mol. The number of carbonyl (C=O) groups excluding carboxylic acids is 1. The number of hydrogen-bond acceptors (Lipinski definition) is 7. The van der Waals surface area contributed by atoms with E-state index in [4.69, 9.17) is 4.74 Å². The minimum Gasteiger partial charge on any atom is -0.465 e. The number of H-pyrrole nitrogens is 1. The van der Waals surface area contributed by atoms with Crippen LogP contribution in [0.5, 0.6) is 0 Å². The standard InChI is InChI=1S/C26H29FN6O3/c1-4-23(25-29-30-31-33(25)16-24(34)36-5-2)32(14-18-7-9-21(27)10-8-18)15-20-13-19-12-17(3)6-11-22(19)28-26(20)35/h6-13,23H,4-5,14-16H2,1-3H3,(H,28,35)/t23-/m1/s1. The number of aryl methyl sites for hydroxylation is 1. The van der Waals surface area contributed by atoms with Crippen molar-refractivity contribution in [3.05, 3.63) is 87.2 Å². The van der Waals surface area contributed by atoms with Crippen molar-refractivity contribution in [1.82, 2.24) is 30.1 Å². The zero-order valence-corrected chi connectivity index (χ0v) is 20.6. The molecule has 10 heteroatoms. The van der Waals surface area contributed by atoms with Gasteiger partial charge in [0.05, 0.1) is 12.6 Å². The number of hydrogen-bond donors (Lipinski definition) is 1. The highest BCUT2D eigenvalue weighted by molar-refractivity contribution is 5.79. The zero-order valence-electron chi connectivity index (χ0n) is 20.6. The number of tetrazole rings is 1. The fourth-order valence-corrected chi connectivity index (χ4v) is 4.30. The molecule has 4 aromatic rings. The Labute approximate surface area is 207 Å². The Bertz CT molecular complexity index is 1400. The van der Waals surface area contributed by atoms with Gasteiger partial charge in [-0.05, 0) is 72.0 Å². The van der Waals surface area contributed by atoms with Crippen LogP contribution in [-0.4, -0.2) is 42.7 Å². The minimum atomic E-state index is -0.438. The van der Waals surface area contributed by atoms with Gasteiger partial charge < -0.3 is 9.72 Å². The Balaban J connectivity index is 1.72. The first-order chi connectivity index (χ1) is 17.4. The summed E-state index contributed by atoms with van der Waals surface area (Å²) in [5.74, 6) is -0.273. The molecule has 0 saturated carbocycles. The molecule has 36 heavy (non-hydrogen) atoms. The summed E-state index contributed by atoms with van der Waals surface area (Å²) in [5, 5.41) is 12.9. The Hall–Kier alpha value is -3.92. The molecule has 0 bridgehead atoms. The number of halogens is 1. The van der Waals surface area contributed by atoms with Crippen LogP contribution in [0.15, 0.2) is 53.3 Å². The van der Waals surface area contributed by atoms with Crippen molar-refractivity contribution in [3.63, 3.8) is 0 Å². The van der Waals surface area contributed by atoms with Crippen molar-refractivity contribution in [2.45, 2.75) is 52.9 Å². The van der Waals surface area contributed by atoms with Gasteiger partial charge in [-0.1, -0.05) is 30.7 Å². The lowest BCUT2D eigenvalue weighted by Crippen LogP contribution is -2.33. The molecule has 0 aliphatic heterocycles. The number of pyridine rings is 1. The van der Waals surface area contributed by atoms with Gasteiger partial charge in [0.15, 0.2) is 5.82 Å². The molecule has 4 rings (SSSR count). The van der Waals surface area contributed by atoms with Gasteiger partial charge in [0, 0.05) is 24.2 Å². The van der Waals surface area contributed by atoms with Crippen molar-refractivity contribution < 1.29 is 13.9 Å². The van der Waals surface area contributed by atoms with E-state index in [1.807, 2.05) is 38.1 Å². The van der Waals surface area contributed by atoms with E-state index in [2.05, 4.69) is 25.4 Å². The lowest BCUT2D eigenvalue weighted by molar-refractivity contribution is -0.144. The van der Waals surface area contributed by atoms with Crippen LogP contribution in [0.4, 0.5) is 4.39 Å². The van der Waals surface area contributed by atoms with Crippen LogP contribution >= 0.6 is 0 Å². The summed E-state index contributed by atoms with van der Waals surface area (Å²) in [6.45, 7) is 6.57. The highest BCUT2D eigenvalue weighted by Crippen LogP contribution is 2.27. The van der Waals surface area contributed by atoms with Gasteiger partial charge in [0.25, 0.3) is 5.56 Å². The molecular weight excluding hydrogens is 463 g/mol. The smallest absolute Gasteiger partial charge is 0.327 e. The molecule has 2 heterocycles. The number of fused-ring (bicyclic) bond motifs is 1. The van der Waals surface area contributed by atoms with Crippen LogP contribution < -0.4 is 5.56 Å². The van der Waals surface area contributed by atoms with Gasteiger partial charge in [0.1, 0.15) is 12.4 Å². The van der Waals surface area contributed by atoms with E-state index in [0.717, 1.165) is 22.0 Å². The van der Waals surface area contributed by atoms with Crippen molar-refractivity contribution in [2.75, 3.05) is 6.61 Å². The van der Waals surface area contributed by atoms with E-state index in [1.165, 1.54) is 16.8 Å². The van der Waals surface area contributed by atoms with Crippen LogP contribution in [0.1, 0.15) is 48.8 Å². The van der Waals surface area contributed by atoms with Gasteiger partial charge in [-0.25, -0.2) is 9.07 Å². The number of nitrogens with one attached hydrogen (secondary N) is 1. The number of aromatic nitrogens is 5. The fourth-order valence-electron chi connectivity index (χ4n) is 4.30. The number of rotatable bonds is 10. The quantitative estimate of drug-likeness (QED) is 0.337. The van der Waals surface area contributed by atoms with Gasteiger partial charge in [-0.2, -0.15) is 0 Å². The molecule has 2 aromatic carbocycles. The SMILES string of the molecule is CCOC(=O)Cn1nnnc1[C@@H](CC)N(Cc1ccc(F)cc1)Cc1cc2cc(C)ccc2[nH]c1=O. The molecule has 188 valence electrons. The van der Waals surface area contributed by atoms with E-state index in [1.54, 1.807) is 19.1 Å². The largest absolute Gasteiger partial charge is 0.465 e. The molecule has 0 aliphatic rings. The molecule has 0 fully saturated rings. The van der Waals surface area contributed by atoms with Crippen LogP contribution in [0.3, 0.4) is 0 Å². The van der Waals surface area contributed by atoms with Gasteiger partial charge in [-0.15, -0.1) is 5.10 Å². The van der Waals surface area contributed by atoms with Crippen LogP contribution in [-0.2, 0) is 29.2 Å². The third-order valence-corrected chi connectivity index (χ3v) is 6.02. The second-order valence-electron chi connectivity index (χ2n) is 8.67. The Morgan fingerprint density at radius 2 is 1.92 bits per heavy atom. The van der Waals surface area contributed by atoms with Crippen molar-refractivity contribution in [2.24, 2.45) is 0 Å². The molecule has 1 N–H and O–H groups in total. The Morgan fingerprint density at radius 3 is 2.64 bits per heavy atom. The van der Waals surface area contributed by atoms with Gasteiger partial charge in [-0.3, -0.25) is 14.5 Å². The van der Waals surface area contributed by atoms with E-state index in [-0.39, 0.29) is 30.6 Å². The van der Waals surface area contributed by atoms with Crippen LogP contribution in [0.2, 0.25) is 0 Å². The number of esters is 1. The van der Waals surface area contributed by atoms with E-state index >= 15 is 0 Å². The number of nitrogens with zero attached hydrogens (tertiary/aromatic N) is 5. The summed E-state index contributed by atoms with van der Waals surface area (Å²) in [5.41, 5.74) is 3.12. The predicted octanol–water partition coefficient (Wildman–Crippen LogP) is 3.68. The third-order valence-electron chi connectivity index (χ3n) is 6.02. The maximum absolute atomic E-state index is 13.6. The lowest BCUT2D eigenvalue weighted by atomic mass is 10.1. The summed E-state index contributed by atoms with van der Waals surface area (Å²) >= 11 is 0. The average Bonchev–Trinajstić information content (AvgIpc) is 3.29. The molecule has 0 amide bonds. The Morgan fingerprint density at radius 1 is 1.14 bits per heavy atom. The summed E-state index contributed by atoms with van der Waals surface area (Å²) in [4.78, 5) is 30.1. The normalized spacial score (nSPS) is 12.2. The molecule has 0 spiro atoms. The molecular formula is C26H29FN6O3. The average molecular weight is 493 g/mol. The maximum atomic E-state index is 13.6. The first-order valence-electron chi connectivity index (χ1n) is 11.9. The van der Waals surface area contributed by atoms with Crippen LogP contribution in [0, 0.1) is 12.7 Å². The third kappa shape index (κ3) is 5.83. The summed E-state index contributed by atoms with van der Waals surface area (Å²) in [7, 11) is 0. The first kappa shape index (κ1) is 25.2. The van der Waals surface area contributed by atoms with Crippen LogP contribution in [0.25, 0.3) is 10.9 Å². The second-order valence-corrected chi connectivity index (χ2v) is 8.67. The number of ether oxygens (including phenoxy) is 1.